The van der Waals surface area contributed by atoms with Gasteiger partial charge in [-0.1, -0.05) is 18.2 Å². The lowest BCUT2D eigenvalue weighted by Crippen LogP contribution is -2.47. The van der Waals surface area contributed by atoms with E-state index in [-0.39, 0.29) is 11.6 Å². The van der Waals surface area contributed by atoms with Crippen molar-refractivity contribution in [1.82, 2.24) is 9.88 Å². The predicted molar refractivity (Wildman–Crippen MR) is 139 cm³/mol. The zero-order valence-electron chi connectivity index (χ0n) is 22.4. The molecule has 1 saturated heterocycles. The SMILES string of the molecule is COC(=O)c1ccc(C[C@@H]2CC[C@H]([C@H](O)c3ccc(NC(C)(C)C)nc3)N2C(=O)OC(C)(C)C)cc1. The Labute approximate surface area is 214 Å². The first-order valence-corrected chi connectivity index (χ1v) is 12.4. The van der Waals surface area contributed by atoms with Gasteiger partial charge < -0.3 is 19.9 Å². The molecule has 1 aromatic carbocycles. The monoisotopic (exact) mass is 497 g/mol. The number of carbonyl (C=O) groups is 2. The summed E-state index contributed by atoms with van der Waals surface area (Å²) < 4.78 is 10.5. The number of benzene rings is 1. The summed E-state index contributed by atoms with van der Waals surface area (Å²) in [4.78, 5) is 31.2. The van der Waals surface area contributed by atoms with Gasteiger partial charge in [0.2, 0.25) is 0 Å². The van der Waals surface area contributed by atoms with Crippen LogP contribution in [-0.2, 0) is 15.9 Å². The summed E-state index contributed by atoms with van der Waals surface area (Å²) in [6, 6.07) is 10.3. The molecule has 1 aliphatic rings. The summed E-state index contributed by atoms with van der Waals surface area (Å²) in [7, 11) is 1.35. The third-order valence-electron chi connectivity index (χ3n) is 5.99. The van der Waals surface area contributed by atoms with E-state index in [0.29, 0.717) is 24.0 Å². The number of hydrogen-bond donors (Lipinski definition) is 2. The molecule has 1 amide bonds. The number of esters is 1. The zero-order chi connectivity index (χ0) is 26.7. The molecule has 3 atom stereocenters. The highest BCUT2D eigenvalue weighted by Crippen LogP contribution is 2.36. The first kappa shape index (κ1) is 27.5. The van der Waals surface area contributed by atoms with E-state index >= 15 is 0 Å². The van der Waals surface area contributed by atoms with Crippen LogP contribution < -0.4 is 5.32 Å². The van der Waals surface area contributed by atoms with Crippen LogP contribution in [0.4, 0.5) is 10.6 Å². The Hall–Kier alpha value is -3.13. The molecular weight excluding hydrogens is 458 g/mol. The summed E-state index contributed by atoms with van der Waals surface area (Å²) in [5.41, 5.74) is 1.31. The molecular formula is C28H39N3O5. The quantitative estimate of drug-likeness (QED) is 0.534. The van der Waals surface area contributed by atoms with Gasteiger partial charge in [-0.05, 0) is 84.6 Å². The van der Waals surface area contributed by atoms with E-state index in [0.717, 1.165) is 17.8 Å². The molecule has 8 heteroatoms. The van der Waals surface area contributed by atoms with Crippen molar-refractivity contribution in [3.05, 3.63) is 59.3 Å². The van der Waals surface area contributed by atoms with Crippen molar-refractivity contribution < 1.29 is 24.2 Å². The van der Waals surface area contributed by atoms with Crippen molar-refractivity contribution in [1.29, 1.82) is 0 Å². The normalized spacial score (nSPS) is 19.1. The number of carbonyl (C=O) groups excluding carboxylic acids is 2. The van der Waals surface area contributed by atoms with Gasteiger partial charge in [0.15, 0.2) is 0 Å². The number of likely N-dealkylation sites (tertiary alicyclic amines) is 1. The average molecular weight is 498 g/mol. The molecule has 36 heavy (non-hydrogen) atoms. The van der Waals surface area contributed by atoms with Crippen LogP contribution in [-0.4, -0.2) is 57.4 Å². The number of hydrogen-bond acceptors (Lipinski definition) is 7. The van der Waals surface area contributed by atoms with E-state index in [4.69, 9.17) is 9.47 Å². The molecule has 196 valence electrons. The molecule has 2 aromatic rings. The van der Waals surface area contributed by atoms with Gasteiger partial charge in [0.1, 0.15) is 17.5 Å². The van der Waals surface area contributed by atoms with Gasteiger partial charge in [-0.25, -0.2) is 14.6 Å². The van der Waals surface area contributed by atoms with Crippen molar-refractivity contribution in [3.8, 4) is 0 Å². The van der Waals surface area contributed by atoms with Crippen molar-refractivity contribution >= 4 is 17.9 Å². The van der Waals surface area contributed by atoms with E-state index in [2.05, 4.69) is 31.1 Å². The lowest BCUT2D eigenvalue weighted by atomic mass is 10.0. The zero-order valence-corrected chi connectivity index (χ0v) is 22.4. The highest BCUT2D eigenvalue weighted by atomic mass is 16.6. The second kappa shape index (κ2) is 10.9. The number of nitrogens with one attached hydrogen (secondary N) is 1. The van der Waals surface area contributed by atoms with Crippen molar-refractivity contribution in [2.24, 2.45) is 0 Å². The Bertz CT molecular complexity index is 1040. The van der Waals surface area contributed by atoms with Gasteiger partial charge in [-0.2, -0.15) is 0 Å². The van der Waals surface area contributed by atoms with Crippen LogP contribution in [0, 0.1) is 0 Å². The number of nitrogens with zero attached hydrogens (tertiary/aromatic N) is 2. The summed E-state index contributed by atoms with van der Waals surface area (Å²) in [6.07, 6.45) is 2.24. The van der Waals surface area contributed by atoms with Gasteiger partial charge in [-0.3, -0.25) is 4.90 Å². The van der Waals surface area contributed by atoms with Gasteiger partial charge >= 0.3 is 12.1 Å². The largest absolute Gasteiger partial charge is 0.465 e. The minimum Gasteiger partial charge on any atom is -0.465 e. The maximum atomic E-state index is 13.3. The minimum atomic E-state index is -0.902. The van der Waals surface area contributed by atoms with Gasteiger partial charge in [-0.15, -0.1) is 0 Å². The molecule has 0 aliphatic carbocycles. The second-order valence-corrected chi connectivity index (χ2v) is 11.4. The Morgan fingerprint density at radius 3 is 2.28 bits per heavy atom. The maximum Gasteiger partial charge on any atom is 0.410 e. The summed E-state index contributed by atoms with van der Waals surface area (Å²) in [5, 5.41) is 14.6. The van der Waals surface area contributed by atoms with Crippen LogP contribution in [0.3, 0.4) is 0 Å². The first-order chi connectivity index (χ1) is 16.8. The van der Waals surface area contributed by atoms with E-state index in [1.165, 1.54) is 7.11 Å². The van der Waals surface area contributed by atoms with E-state index < -0.39 is 29.8 Å². The van der Waals surface area contributed by atoms with Gasteiger partial charge in [0.05, 0.1) is 18.7 Å². The molecule has 1 aliphatic heterocycles. The number of aromatic nitrogens is 1. The predicted octanol–water partition coefficient (Wildman–Crippen LogP) is 5.12. The van der Waals surface area contributed by atoms with Crippen molar-refractivity contribution in [2.75, 3.05) is 12.4 Å². The van der Waals surface area contributed by atoms with E-state index in [1.54, 1.807) is 23.2 Å². The third kappa shape index (κ3) is 7.20. The fourth-order valence-electron chi connectivity index (χ4n) is 4.45. The molecule has 0 spiro atoms. The number of amides is 1. The molecule has 0 saturated carbocycles. The lowest BCUT2D eigenvalue weighted by molar-refractivity contribution is -0.00459. The Kier molecular flexibility index (Phi) is 8.29. The molecule has 0 radical (unpaired) electrons. The van der Waals surface area contributed by atoms with Crippen LogP contribution in [0.25, 0.3) is 0 Å². The maximum absolute atomic E-state index is 13.3. The smallest absolute Gasteiger partial charge is 0.410 e. The van der Waals surface area contributed by atoms with Crippen LogP contribution in [0.5, 0.6) is 0 Å². The molecule has 2 heterocycles. The molecule has 1 aromatic heterocycles. The third-order valence-corrected chi connectivity index (χ3v) is 5.99. The average Bonchev–Trinajstić information content (AvgIpc) is 3.20. The lowest BCUT2D eigenvalue weighted by Gasteiger charge is -2.35. The Morgan fingerprint density at radius 2 is 1.75 bits per heavy atom. The first-order valence-electron chi connectivity index (χ1n) is 12.4. The highest BCUT2D eigenvalue weighted by molar-refractivity contribution is 5.89. The van der Waals surface area contributed by atoms with Crippen LogP contribution in [0.15, 0.2) is 42.6 Å². The number of aliphatic hydroxyl groups is 1. The Morgan fingerprint density at radius 1 is 1.08 bits per heavy atom. The second-order valence-electron chi connectivity index (χ2n) is 11.4. The van der Waals surface area contributed by atoms with E-state index in [9.17, 15) is 14.7 Å². The van der Waals surface area contributed by atoms with Gasteiger partial charge in [0.25, 0.3) is 0 Å². The summed E-state index contributed by atoms with van der Waals surface area (Å²) in [6.45, 7) is 11.7. The fraction of sp³-hybridized carbons (Fsp3) is 0.536. The minimum absolute atomic E-state index is 0.131. The number of methoxy groups -OCH3 is 1. The standard InChI is InChI=1S/C28H39N3O5/c1-27(2,3)30-23-15-12-20(17-29-23)24(32)22-14-13-21(31(22)26(34)36-28(4,5)6)16-18-8-10-19(11-9-18)25(33)35-7/h8-12,15,17,21-22,24,32H,13-14,16H2,1-7H3,(H,29,30)/t21-,22+,24+/m0/s1. The fourth-order valence-corrected chi connectivity index (χ4v) is 4.45. The van der Waals surface area contributed by atoms with Crippen molar-refractivity contribution in [3.63, 3.8) is 0 Å². The molecule has 0 unspecified atom stereocenters. The molecule has 8 nitrogen and oxygen atoms in total. The highest BCUT2D eigenvalue weighted by Gasteiger charge is 2.43. The molecule has 0 bridgehead atoms. The number of rotatable bonds is 6. The van der Waals surface area contributed by atoms with Gasteiger partial charge in [0, 0.05) is 23.3 Å². The van der Waals surface area contributed by atoms with Crippen LogP contribution in [0.2, 0.25) is 0 Å². The van der Waals surface area contributed by atoms with Crippen molar-refractivity contribution in [2.45, 2.75) is 90.1 Å². The number of anilines is 1. The number of ether oxygens (including phenoxy) is 2. The Balaban J connectivity index is 1.81. The topological polar surface area (TPSA) is 101 Å². The molecule has 3 rings (SSSR count). The number of pyridine rings is 1. The van der Waals surface area contributed by atoms with E-state index in [1.807, 2.05) is 45.0 Å². The number of aliphatic hydroxyl groups excluding tert-OH is 1. The van der Waals surface area contributed by atoms with Crippen LogP contribution in [0.1, 0.15) is 82.0 Å². The van der Waals surface area contributed by atoms with Crippen LogP contribution >= 0.6 is 0 Å². The molecule has 2 N–H and O–H groups in total. The summed E-state index contributed by atoms with van der Waals surface area (Å²) >= 11 is 0. The molecule has 1 fully saturated rings. The summed E-state index contributed by atoms with van der Waals surface area (Å²) in [5.74, 6) is 0.334.